The van der Waals surface area contributed by atoms with Crippen LogP contribution in [0.25, 0.3) is 0 Å². The van der Waals surface area contributed by atoms with Crippen molar-refractivity contribution in [1.82, 2.24) is 10.9 Å². The van der Waals surface area contributed by atoms with Crippen LogP contribution in [0.4, 0.5) is 8.78 Å². The van der Waals surface area contributed by atoms with Gasteiger partial charge in [-0.1, -0.05) is 0 Å². The highest BCUT2D eigenvalue weighted by Crippen LogP contribution is 2.25. The molecular formula is C15H11BrF2N2O3. The fraction of sp³-hybridized carbons (Fsp3) is 0.0667. The maximum absolute atomic E-state index is 12.9. The highest BCUT2D eigenvalue weighted by molar-refractivity contribution is 9.10. The van der Waals surface area contributed by atoms with Gasteiger partial charge in [0.05, 0.1) is 4.47 Å². The Morgan fingerprint density at radius 3 is 2.30 bits per heavy atom. The van der Waals surface area contributed by atoms with Gasteiger partial charge in [0.25, 0.3) is 11.8 Å². The second-order valence-electron chi connectivity index (χ2n) is 4.37. The van der Waals surface area contributed by atoms with Gasteiger partial charge in [-0.3, -0.25) is 20.4 Å². The van der Waals surface area contributed by atoms with Crippen LogP contribution >= 0.6 is 15.9 Å². The maximum atomic E-state index is 12.9. The number of benzene rings is 2. The van der Waals surface area contributed by atoms with Crippen LogP contribution in [0.2, 0.25) is 0 Å². The van der Waals surface area contributed by atoms with E-state index in [1.807, 2.05) is 0 Å². The van der Waals surface area contributed by atoms with Gasteiger partial charge in [0.2, 0.25) is 0 Å². The first-order valence-corrected chi connectivity index (χ1v) is 7.17. The zero-order valence-electron chi connectivity index (χ0n) is 11.6. The van der Waals surface area contributed by atoms with Crippen molar-refractivity contribution < 1.29 is 23.1 Å². The summed E-state index contributed by atoms with van der Waals surface area (Å²) in [6.45, 7) is -0.381. The van der Waals surface area contributed by atoms with E-state index in [1.54, 1.807) is 0 Å². The van der Waals surface area contributed by atoms with Crippen LogP contribution in [0.3, 0.4) is 0 Å². The highest BCUT2D eigenvalue weighted by Gasteiger charge is 2.09. The summed E-state index contributed by atoms with van der Waals surface area (Å²) in [7, 11) is 0. The molecule has 2 amide bonds. The molecule has 0 spiro atoms. The predicted octanol–water partition coefficient (Wildman–Crippen LogP) is 2.57. The molecule has 0 fully saturated rings. The van der Waals surface area contributed by atoms with Gasteiger partial charge in [0.1, 0.15) is 17.4 Å². The fourth-order valence-electron chi connectivity index (χ4n) is 1.57. The Balaban J connectivity index is 1.81. The summed E-state index contributed by atoms with van der Waals surface area (Å²) in [4.78, 5) is 23.3. The topological polar surface area (TPSA) is 67.4 Å². The van der Waals surface area contributed by atoms with E-state index < -0.39 is 23.4 Å². The molecule has 0 bridgehead atoms. The van der Waals surface area contributed by atoms with Crippen LogP contribution in [0.5, 0.6) is 5.75 Å². The number of carbonyl (C=O) groups is 2. The van der Waals surface area contributed by atoms with Crippen molar-refractivity contribution in [1.29, 1.82) is 0 Å². The first-order valence-electron chi connectivity index (χ1n) is 6.38. The molecule has 8 heteroatoms. The molecule has 2 aromatic rings. The van der Waals surface area contributed by atoms with Gasteiger partial charge in [-0.25, -0.2) is 8.78 Å². The summed E-state index contributed by atoms with van der Waals surface area (Å²) < 4.78 is 31.2. The summed E-state index contributed by atoms with van der Waals surface area (Å²) in [6.07, 6.45) is 0. The number of ether oxygens (including phenoxy) is 1. The van der Waals surface area contributed by atoms with E-state index in [4.69, 9.17) is 4.74 Å². The first kappa shape index (κ1) is 16.9. The molecular weight excluding hydrogens is 374 g/mol. The van der Waals surface area contributed by atoms with Crippen molar-refractivity contribution >= 4 is 27.7 Å². The number of hydrogen-bond acceptors (Lipinski definition) is 3. The average molecular weight is 385 g/mol. The summed E-state index contributed by atoms with van der Waals surface area (Å²) in [5.41, 5.74) is 4.50. The molecule has 0 radical (unpaired) electrons. The monoisotopic (exact) mass is 384 g/mol. The molecule has 23 heavy (non-hydrogen) atoms. The van der Waals surface area contributed by atoms with Crippen molar-refractivity contribution in [3.8, 4) is 5.75 Å². The minimum absolute atomic E-state index is 0.189. The Morgan fingerprint density at radius 2 is 1.65 bits per heavy atom. The summed E-state index contributed by atoms with van der Waals surface area (Å²) in [6, 6.07) is 8.57. The number of halogens is 3. The smallest absolute Gasteiger partial charge is 0.276 e. The number of hydrazine groups is 1. The molecule has 5 nitrogen and oxygen atoms in total. The van der Waals surface area contributed by atoms with E-state index in [9.17, 15) is 18.4 Å². The van der Waals surface area contributed by atoms with Crippen molar-refractivity contribution in [3.05, 3.63) is 64.1 Å². The Morgan fingerprint density at radius 1 is 1.00 bits per heavy atom. The minimum atomic E-state index is -0.614. The standard InChI is InChI=1S/C15H11BrF2N2O3/c16-12-7-11(18)5-6-13(12)23-8-14(21)19-20-15(22)9-1-3-10(17)4-2-9/h1-7H,8H2,(H,19,21)(H,20,22). The first-order chi connectivity index (χ1) is 11.0. The summed E-state index contributed by atoms with van der Waals surface area (Å²) in [5.74, 6) is -1.84. The van der Waals surface area contributed by atoms with Crippen molar-refractivity contribution in [2.24, 2.45) is 0 Å². The Labute approximate surface area is 138 Å². The Bertz CT molecular complexity index is 723. The predicted molar refractivity (Wildman–Crippen MR) is 81.6 cm³/mol. The fourth-order valence-corrected chi connectivity index (χ4v) is 2.04. The van der Waals surface area contributed by atoms with Crippen molar-refractivity contribution in [2.75, 3.05) is 6.61 Å². The molecule has 2 aromatic carbocycles. The van der Waals surface area contributed by atoms with E-state index in [0.717, 1.165) is 12.1 Å². The Hall–Kier alpha value is -2.48. The molecule has 0 aliphatic carbocycles. The number of carbonyl (C=O) groups excluding carboxylic acids is 2. The van der Waals surface area contributed by atoms with Gasteiger partial charge >= 0.3 is 0 Å². The van der Waals surface area contributed by atoms with E-state index in [2.05, 4.69) is 26.8 Å². The minimum Gasteiger partial charge on any atom is -0.483 e. The van der Waals surface area contributed by atoms with E-state index in [1.165, 1.54) is 30.3 Å². The Kier molecular flexibility index (Phi) is 5.64. The van der Waals surface area contributed by atoms with Gasteiger partial charge in [-0.2, -0.15) is 0 Å². The third-order valence-electron chi connectivity index (χ3n) is 2.67. The molecule has 2 rings (SSSR count). The molecule has 0 aliphatic heterocycles. The lowest BCUT2D eigenvalue weighted by Crippen LogP contribution is -2.43. The number of hydrogen-bond donors (Lipinski definition) is 2. The second-order valence-corrected chi connectivity index (χ2v) is 5.23. The lowest BCUT2D eigenvalue weighted by Gasteiger charge is -2.10. The van der Waals surface area contributed by atoms with Gasteiger partial charge in [-0.05, 0) is 58.4 Å². The van der Waals surface area contributed by atoms with E-state index >= 15 is 0 Å². The maximum Gasteiger partial charge on any atom is 0.276 e. The van der Waals surface area contributed by atoms with Crippen LogP contribution in [-0.4, -0.2) is 18.4 Å². The van der Waals surface area contributed by atoms with Crippen molar-refractivity contribution in [3.63, 3.8) is 0 Å². The highest BCUT2D eigenvalue weighted by atomic mass is 79.9. The average Bonchev–Trinajstić information content (AvgIpc) is 2.52. The molecule has 0 unspecified atom stereocenters. The van der Waals surface area contributed by atoms with E-state index in [0.29, 0.717) is 4.47 Å². The number of nitrogens with one attached hydrogen (secondary N) is 2. The normalized spacial score (nSPS) is 10.0. The zero-order valence-corrected chi connectivity index (χ0v) is 13.2. The third-order valence-corrected chi connectivity index (χ3v) is 3.29. The molecule has 0 atom stereocenters. The quantitative estimate of drug-likeness (QED) is 0.796. The summed E-state index contributed by atoms with van der Waals surface area (Å²) >= 11 is 3.10. The van der Waals surface area contributed by atoms with Crippen LogP contribution in [0, 0.1) is 11.6 Å². The van der Waals surface area contributed by atoms with E-state index in [-0.39, 0.29) is 17.9 Å². The molecule has 0 aliphatic rings. The van der Waals surface area contributed by atoms with Crippen molar-refractivity contribution in [2.45, 2.75) is 0 Å². The van der Waals surface area contributed by atoms with Gasteiger partial charge < -0.3 is 4.74 Å². The SMILES string of the molecule is O=C(COc1ccc(F)cc1Br)NNC(=O)c1ccc(F)cc1. The van der Waals surface area contributed by atoms with Gasteiger partial charge in [0.15, 0.2) is 6.61 Å². The second kappa shape index (κ2) is 7.68. The molecule has 0 saturated heterocycles. The third kappa shape index (κ3) is 5.03. The lowest BCUT2D eigenvalue weighted by molar-refractivity contribution is -0.123. The molecule has 2 N–H and O–H groups in total. The van der Waals surface area contributed by atoms with Gasteiger partial charge in [-0.15, -0.1) is 0 Å². The molecule has 120 valence electrons. The largest absolute Gasteiger partial charge is 0.483 e. The molecule has 0 aromatic heterocycles. The zero-order chi connectivity index (χ0) is 16.8. The molecule has 0 heterocycles. The van der Waals surface area contributed by atoms with Crippen LogP contribution < -0.4 is 15.6 Å². The number of rotatable bonds is 4. The van der Waals surface area contributed by atoms with Crippen LogP contribution in [-0.2, 0) is 4.79 Å². The number of amides is 2. The van der Waals surface area contributed by atoms with Crippen LogP contribution in [0.15, 0.2) is 46.9 Å². The van der Waals surface area contributed by atoms with Gasteiger partial charge in [0, 0.05) is 5.56 Å². The lowest BCUT2D eigenvalue weighted by atomic mass is 10.2. The molecule has 0 saturated carbocycles. The summed E-state index contributed by atoms with van der Waals surface area (Å²) in [5, 5.41) is 0. The van der Waals surface area contributed by atoms with Crippen LogP contribution in [0.1, 0.15) is 10.4 Å².